The zero-order valence-electron chi connectivity index (χ0n) is 30.2. The van der Waals surface area contributed by atoms with Crippen molar-refractivity contribution < 1.29 is 48.0 Å². The van der Waals surface area contributed by atoms with Crippen molar-refractivity contribution in [3.63, 3.8) is 0 Å². The van der Waals surface area contributed by atoms with Crippen LogP contribution in [0.15, 0.2) is 11.0 Å². The minimum Gasteiger partial charge on any atom is -0.459 e. The first-order valence-corrected chi connectivity index (χ1v) is 17.7. The molecular formula is C35H57NO10S. The van der Waals surface area contributed by atoms with Crippen molar-refractivity contribution in [3.05, 3.63) is 11.0 Å². The summed E-state index contributed by atoms with van der Waals surface area (Å²) in [6.45, 7) is 15.9. The smallest absolute Gasteiger partial charge is 0.316 e. The van der Waals surface area contributed by atoms with Crippen LogP contribution in [0.1, 0.15) is 81.6 Å². The van der Waals surface area contributed by atoms with Crippen molar-refractivity contribution >= 4 is 34.4 Å². The molecule has 3 aliphatic heterocycles. The fourth-order valence-corrected chi connectivity index (χ4v) is 8.43. The Bertz CT molecular complexity index is 1190. The van der Waals surface area contributed by atoms with Crippen molar-refractivity contribution in [3.8, 4) is 0 Å². The van der Waals surface area contributed by atoms with Gasteiger partial charge in [-0.25, -0.2) is 0 Å². The summed E-state index contributed by atoms with van der Waals surface area (Å²) in [5, 5.41) is 13.0. The maximum absolute atomic E-state index is 14.4. The summed E-state index contributed by atoms with van der Waals surface area (Å²) in [6.07, 6.45) is -2.95. The van der Waals surface area contributed by atoms with Crippen molar-refractivity contribution in [2.75, 3.05) is 27.8 Å². The van der Waals surface area contributed by atoms with E-state index in [0.717, 1.165) is 17.3 Å². The lowest BCUT2D eigenvalue weighted by Crippen LogP contribution is -2.59. The van der Waals surface area contributed by atoms with E-state index in [-0.39, 0.29) is 36.1 Å². The van der Waals surface area contributed by atoms with E-state index in [9.17, 15) is 24.3 Å². The first-order valence-electron chi connectivity index (χ1n) is 16.8. The SMILES string of the molecule is CC[C@H]1OC(=O)C(C)C(=O)[C@H](C)[C@@H](O[C@@H]2O[C@H](C)C[C@H](N(C)C)[C@H]2O)[C@](C)(OC)CC(C)C(=O)C(C)[C@@H]2/C(=C/SC(C)=O)CO[C@]12C. The maximum Gasteiger partial charge on any atom is 0.316 e. The molecule has 0 aromatic heterocycles. The van der Waals surface area contributed by atoms with Crippen LogP contribution < -0.4 is 0 Å². The second-order valence-electron chi connectivity index (χ2n) is 14.4. The largest absolute Gasteiger partial charge is 0.459 e. The Labute approximate surface area is 284 Å². The number of ketones is 2. The van der Waals surface area contributed by atoms with Gasteiger partial charge in [-0.3, -0.25) is 19.2 Å². The molecule has 0 radical (unpaired) electrons. The Morgan fingerprint density at radius 2 is 1.72 bits per heavy atom. The molecule has 1 N–H and O–H groups in total. The average molecular weight is 684 g/mol. The Morgan fingerprint density at radius 3 is 2.28 bits per heavy atom. The van der Waals surface area contributed by atoms with Crippen LogP contribution in [0.5, 0.6) is 0 Å². The summed E-state index contributed by atoms with van der Waals surface area (Å²) in [5.41, 5.74) is -1.51. The lowest BCUT2D eigenvalue weighted by Gasteiger charge is -2.47. The highest BCUT2D eigenvalue weighted by Gasteiger charge is 2.56. The number of aliphatic hydroxyl groups is 1. The van der Waals surface area contributed by atoms with Crippen LogP contribution in [-0.2, 0) is 42.9 Å². The fourth-order valence-electron chi connectivity index (χ4n) is 7.90. The van der Waals surface area contributed by atoms with Gasteiger partial charge in [0.2, 0.25) is 0 Å². The van der Waals surface area contributed by atoms with Gasteiger partial charge in [-0.2, -0.15) is 0 Å². The molecule has 0 amide bonds. The third kappa shape index (κ3) is 8.38. The highest BCUT2D eigenvalue weighted by Crippen LogP contribution is 2.47. The number of hydrogen-bond acceptors (Lipinski definition) is 12. The molecule has 0 spiro atoms. The summed E-state index contributed by atoms with van der Waals surface area (Å²) < 4.78 is 31.2. The first kappa shape index (κ1) is 39.8. The van der Waals surface area contributed by atoms with E-state index >= 15 is 0 Å². The molecule has 3 rings (SSSR count). The molecule has 13 atom stereocenters. The Morgan fingerprint density at radius 1 is 1.09 bits per heavy atom. The van der Waals surface area contributed by atoms with Gasteiger partial charge in [0, 0.05) is 43.7 Å². The molecule has 3 fully saturated rings. The zero-order valence-corrected chi connectivity index (χ0v) is 31.1. The van der Waals surface area contributed by atoms with Crippen LogP contribution in [0.2, 0.25) is 0 Å². The minimum absolute atomic E-state index is 0.0618. The van der Waals surface area contributed by atoms with Crippen molar-refractivity contribution in [1.29, 1.82) is 0 Å². The number of rotatable bonds is 6. The van der Waals surface area contributed by atoms with Gasteiger partial charge in [-0.1, -0.05) is 39.5 Å². The predicted octanol–water partition coefficient (Wildman–Crippen LogP) is 4.18. The molecule has 11 nitrogen and oxygen atoms in total. The summed E-state index contributed by atoms with van der Waals surface area (Å²) in [4.78, 5) is 56.0. The first-order chi connectivity index (χ1) is 21.8. The molecular weight excluding hydrogens is 626 g/mol. The molecule has 0 bridgehead atoms. The van der Waals surface area contributed by atoms with E-state index in [1.165, 1.54) is 21.0 Å². The van der Waals surface area contributed by atoms with Crippen LogP contribution >= 0.6 is 11.8 Å². The van der Waals surface area contributed by atoms with Crippen LogP contribution in [0, 0.1) is 29.6 Å². The number of aliphatic hydroxyl groups excluding tert-OH is 1. The lowest BCUT2D eigenvalue weighted by molar-refractivity contribution is -0.295. The number of hydrogen-bond donors (Lipinski definition) is 1. The number of esters is 1. The number of cyclic esters (lactones) is 1. The predicted molar refractivity (Wildman–Crippen MR) is 178 cm³/mol. The van der Waals surface area contributed by atoms with E-state index in [1.54, 1.807) is 19.3 Å². The summed E-state index contributed by atoms with van der Waals surface area (Å²) >= 11 is 1.04. The molecule has 3 saturated heterocycles. The number of carbonyl (C=O) groups is 4. The topological polar surface area (TPSA) is 138 Å². The quantitative estimate of drug-likeness (QED) is 0.318. The second kappa shape index (κ2) is 15.9. The van der Waals surface area contributed by atoms with Crippen molar-refractivity contribution in [2.45, 2.75) is 130 Å². The third-order valence-corrected chi connectivity index (χ3v) is 11.4. The monoisotopic (exact) mass is 683 g/mol. The Hall–Kier alpha value is -1.67. The van der Waals surface area contributed by atoms with Crippen LogP contribution in [0.3, 0.4) is 0 Å². The minimum atomic E-state index is -1.21. The molecule has 12 heteroatoms. The lowest BCUT2D eigenvalue weighted by atomic mass is 9.69. The number of likely N-dealkylation sites (N-methyl/N-ethyl adjacent to an activating group) is 1. The average Bonchev–Trinajstić information content (AvgIpc) is 3.36. The maximum atomic E-state index is 14.4. The number of thioether (sulfide) groups is 1. The second-order valence-corrected chi connectivity index (χ2v) is 15.5. The standard InChI is InChI=1S/C35H57NO10S/c1-13-26-35(9)27(24(16-43-35)17-47-23(7)37)20(4)28(38)18(2)15-34(8,42-12)31(21(5)29(39)22(6)32(41)45-26)46-33-30(40)25(36(10)11)14-19(3)44-33/h17-22,25-27,30-31,33,40H,13-16H2,1-12H3/b24-17+/t18?,19-,20?,21+,22?,25+,26-,27-,30-,31-,33+,34-,35-/m1/s1. The molecule has 0 aromatic carbocycles. The van der Waals surface area contributed by atoms with Gasteiger partial charge in [0.1, 0.15) is 29.5 Å². The Balaban J connectivity index is 2.13. The van der Waals surface area contributed by atoms with E-state index in [2.05, 4.69) is 0 Å². The highest BCUT2D eigenvalue weighted by atomic mass is 32.2. The van der Waals surface area contributed by atoms with E-state index in [1.807, 2.05) is 53.6 Å². The molecule has 47 heavy (non-hydrogen) atoms. The number of Topliss-reactive ketones (excluding diaryl/α,β-unsaturated/α-hetero) is 2. The molecule has 3 aliphatic rings. The Kier molecular flexibility index (Phi) is 13.5. The molecule has 3 unspecified atom stereocenters. The normalized spacial score (nSPS) is 43.5. The third-order valence-electron chi connectivity index (χ3n) is 10.7. The van der Waals surface area contributed by atoms with Gasteiger partial charge in [-0.15, -0.1) is 0 Å². The van der Waals surface area contributed by atoms with Gasteiger partial charge >= 0.3 is 5.97 Å². The highest BCUT2D eigenvalue weighted by molar-refractivity contribution is 8.16. The number of fused-ring (bicyclic) bond motifs is 1. The van der Waals surface area contributed by atoms with E-state index in [0.29, 0.717) is 12.8 Å². The van der Waals surface area contributed by atoms with E-state index in [4.69, 9.17) is 23.7 Å². The van der Waals surface area contributed by atoms with Gasteiger partial charge in [0.15, 0.2) is 17.2 Å². The van der Waals surface area contributed by atoms with Crippen LogP contribution in [0.25, 0.3) is 0 Å². The summed E-state index contributed by atoms with van der Waals surface area (Å²) in [5.74, 6) is -4.86. The number of ether oxygens (including phenoxy) is 5. The van der Waals surface area contributed by atoms with Gasteiger partial charge in [0.05, 0.1) is 24.4 Å². The zero-order chi connectivity index (χ0) is 35.6. The molecule has 3 heterocycles. The fraction of sp³-hybridized carbons (Fsp3) is 0.829. The van der Waals surface area contributed by atoms with Crippen LogP contribution in [-0.4, -0.2) is 108 Å². The summed E-state index contributed by atoms with van der Waals surface area (Å²) in [7, 11) is 5.26. The summed E-state index contributed by atoms with van der Waals surface area (Å²) in [6, 6.07) is -0.255. The number of carbonyl (C=O) groups excluding carboxylic acids is 4. The van der Waals surface area contributed by atoms with Gasteiger partial charge in [0.25, 0.3) is 0 Å². The van der Waals surface area contributed by atoms with E-state index < -0.39 is 77.1 Å². The van der Waals surface area contributed by atoms with Gasteiger partial charge in [-0.05, 0) is 72.0 Å². The molecule has 0 aliphatic carbocycles. The van der Waals surface area contributed by atoms with Crippen molar-refractivity contribution in [1.82, 2.24) is 4.90 Å². The van der Waals surface area contributed by atoms with Crippen LogP contribution in [0.4, 0.5) is 0 Å². The molecule has 0 saturated carbocycles. The molecule has 0 aromatic rings. The number of methoxy groups -OCH3 is 1. The van der Waals surface area contributed by atoms with Crippen molar-refractivity contribution in [2.24, 2.45) is 29.6 Å². The number of nitrogens with zero attached hydrogens (tertiary/aromatic N) is 1. The molecule has 268 valence electrons. The van der Waals surface area contributed by atoms with Gasteiger partial charge < -0.3 is 33.7 Å².